The van der Waals surface area contributed by atoms with Crippen molar-refractivity contribution < 1.29 is 14.3 Å². The summed E-state index contributed by atoms with van der Waals surface area (Å²) in [6, 6.07) is 0. The Hall–Kier alpha value is -1.20. The quantitative estimate of drug-likeness (QED) is 0.575. The van der Waals surface area contributed by atoms with Crippen LogP contribution in [0.1, 0.15) is 0 Å². The fraction of sp³-hybridized carbons (Fsp3) is 0.600. The molecule has 1 fully saturated rings. The minimum atomic E-state index is -0.201. The molecule has 0 N–H and O–H groups in total. The summed E-state index contributed by atoms with van der Waals surface area (Å²) in [6.07, 6.45) is 2.64. The van der Waals surface area contributed by atoms with Gasteiger partial charge in [-0.15, -0.1) is 0 Å². The molecule has 0 aromatic carbocycles. The zero-order chi connectivity index (χ0) is 10.7. The van der Waals surface area contributed by atoms with Crippen molar-refractivity contribution in [1.29, 1.82) is 0 Å². The van der Waals surface area contributed by atoms with E-state index in [0.717, 1.165) is 32.8 Å². The Morgan fingerprint density at radius 1 is 1.07 bits per heavy atom. The molecule has 2 rings (SSSR count). The van der Waals surface area contributed by atoms with E-state index in [4.69, 9.17) is 4.74 Å². The van der Waals surface area contributed by atoms with Crippen molar-refractivity contribution in [2.24, 2.45) is 0 Å². The van der Waals surface area contributed by atoms with Crippen LogP contribution in [0.5, 0.6) is 0 Å². The highest BCUT2D eigenvalue weighted by Gasteiger charge is 2.23. The molecule has 2 aliphatic heterocycles. The molecule has 0 aliphatic carbocycles. The van der Waals surface area contributed by atoms with Crippen LogP contribution >= 0.6 is 0 Å². The molecular weight excluding hydrogens is 196 g/mol. The zero-order valence-electron chi connectivity index (χ0n) is 8.52. The predicted molar refractivity (Wildman–Crippen MR) is 53.1 cm³/mol. The molecule has 5 nitrogen and oxygen atoms in total. The third kappa shape index (κ3) is 2.43. The van der Waals surface area contributed by atoms with Gasteiger partial charge in [0.25, 0.3) is 11.8 Å². The minimum Gasteiger partial charge on any atom is -0.379 e. The third-order valence-corrected chi connectivity index (χ3v) is 2.64. The molecule has 15 heavy (non-hydrogen) atoms. The van der Waals surface area contributed by atoms with Gasteiger partial charge in [0.1, 0.15) is 0 Å². The van der Waals surface area contributed by atoms with Crippen LogP contribution in [0.15, 0.2) is 12.2 Å². The van der Waals surface area contributed by atoms with Crippen LogP contribution in [0, 0.1) is 0 Å². The smallest absolute Gasteiger partial charge is 0.253 e. The average molecular weight is 210 g/mol. The number of carbonyl (C=O) groups is 2. The summed E-state index contributed by atoms with van der Waals surface area (Å²) >= 11 is 0. The van der Waals surface area contributed by atoms with Crippen molar-refractivity contribution in [2.45, 2.75) is 0 Å². The second-order valence-electron chi connectivity index (χ2n) is 3.62. The molecule has 0 atom stereocenters. The van der Waals surface area contributed by atoms with Gasteiger partial charge < -0.3 is 4.74 Å². The number of hydrogen-bond donors (Lipinski definition) is 0. The van der Waals surface area contributed by atoms with Gasteiger partial charge in [0.15, 0.2) is 0 Å². The molecule has 0 aromatic heterocycles. The lowest BCUT2D eigenvalue weighted by molar-refractivity contribution is -0.137. The number of hydrogen-bond acceptors (Lipinski definition) is 4. The van der Waals surface area contributed by atoms with E-state index >= 15 is 0 Å². The highest BCUT2D eigenvalue weighted by molar-refractivity contribution is 6.12. The number of nitrogens with zero attached hydrogens (tertiary/aromatic N) is 2. The van der Waals surface area contributed by atoms with E-state index in [1.165, 1.54) is 17.1 Å². The molecule has 0 radical (unpaired) electrons. The van der Waals surface area contributed by atoms with E-state index in [9.17, 15) is 9.59 Å². The van der Waals surface area contributed by atoms with E-state index < -0.39 is 0 Å². The first-order valence-electron chi connectivity index (χ1n) is 5.11. The lowest BCUT2D eigenvalue weighted by atomic mass is 10.4. The first-order valence-corrected chi connectivity index (χ1v) is 5.11. The van der Waals surface area contributed by atoms with E-state index in [1.54, 1.807) is 0 Å². The predicted octanol–water partition coefficient (Wildman–Crippen LogP) is -0.756. The molecule has 1 saturated heterocycles. The Bertz CT molecular complexity index is 277. The Kier molecular flexibility index (Phi) is 3.13. The number of amides is 2. The van der Waals surface area contributed by atoms with Gasteiger partial charge in [-0.1, -0.05) is 0 Å². The van der Waals surface area contributed by atoms with Gasteiger partial charge in [0, 0.05) is 38.3 Å². The molecule has 2 aliphatic rings. The zero-order valence-corrected chi connectivity index (χ0v) is 8.52. The standard InChI is InChI=1S/C10H14N2O3/c13-9-1-2-10(14)12(9)4-3-11-5-7-15-8-6-11/h1-2H,3-8H2. The highest BCUT2D eigenvalue weighted by Crippen LogP contribution is 2.04. The van der Waals surface area contributed by atoms with Gasteiger partial charge >= 0.3 is 0 Å². The van der Waals surface area contributed by atoms with E-state index in [-0.39, 0.29) is 11.8 Å². The van der Waals surface area contributed by atoms with E-state index in [1.807, 2.05) is 0 Å². The van der Waals surface area contributed by atoms with Crippen LogP contribution in [0.3, 0.4) is 0 Å². The summed E-state index contributed by atoms with van der Waals surface area (Å²) in [4.78, 5) is 25.9. The van der Waals surface area contributed by atoms with Crippen molar-refractivity contribution in [1.82, 2.24) is 9.80 Å². The first-order chi connectivity index (χ1) is 7.27. The van der Waals surface area contributed by atoms with Crippen molar-refractivity contribution in [2.75, 3.05) is 39.4 Å². The lowest BCUT2D eigenvalue weighted by Crippen LogP contribution is -2.43. The first kappa shape index (κ1) is 10.3. The Morgan fingerprint density at radius 2 is 1.67 bits per heavy atom. The number of morpholine rings is 1. The fourth-order valence-corrected chi connectivity index (χ4v) is 1.72. The molecule has 2 heterocycles. The summed E-state index contributed by atoms with van der Waals surface area (Å²) in [5.74, 6) is -0.401. The van der Waals surface area contributed by atoms with Gasteiger partial charge in [0.2, 0.25) is 0 Å². The third-order valence-electron chi connectivity index (χ3n) is 2.64. The van der Waals surface area contributed by atoms with Crippen LogP contribution in [0.25, 0.3) is 0 Å². The van der Waals surface area contributed by atoms with Crippen LogP contribution in [-0.4, -0.2) is 61.0 Å². The largest absolute Gasteiger partial charge is 0.379 e. The Balaban J connectivity index is 1.77. The fourth-order valence-electron chi connectivity index (χ4n) is 1.72. The van der Waals surface area contributed by atoms with Crippen LogP contribution in [-0.2, 0) is 14.3 Å². The Labute approximate surface area is 88.3 Å². The minimum absolute atomic E-state index is 0.201. The maximum atomic E-state index is 11.2. The summed E-state index contributed by atoms with van der Waals surface area (Å²) in [5, 5.41) is 0. The molecule has 0 saturated carbocycles. The van der Waals surface area contributed by atoms with Crippen molar-refractivity contribution in [3.05, 3.63) is 12.2 Å². The molecule has 0 unspecified atom stereocenters. The topological polar surface area (TPSA) is 49.9 Å². The summed E-state index contributed by atoms with van der Waals surface area (Å²) in [5.41, 5.74) is 0. The number of ether oxygens (including phenoxy) is 1. The van der Waals surface area contributed by atoms with Gasteiger partial charge in [-0.2, -0.15) is 0 Å². The molecule has 0 spiro atoms. The van der Waals surface area contributed by atoms with Crippen LogP contribution in [0.4, 0.5) is 0 Å². The second-order valence-corrected chi connectivity index (χ2v) is 3.62. The number of rotatable bonds is 3. The SMILES string of the molecule is O=C1C=CC(=O)N1CCN1CCOCC1. The number of carbonyl (C=O) groups excluding carboxylic acids is 2. The highest BCUT2D eigenvalue weighted by atomic mass is 16.5. The van der Waals surface area contributed by atoms with E-state index in [2.05, 4.69) is 4.90 Å². The molecular formula is C10H14N2O3. The summed E-state index contributed by atoms with van der Waals surface area (Å²) in [7, 11) is 0. The van der Waals surface area contributed by atoms with Gasteiger partial charge in [-0.25, -0.2) is 0 Å². The summed E-state index contributed by atoms with van der Waals surface area (Å²) < 4.78 is 5.21. The van der Waals surface area contributed by atoms with Crippen molar-refractivity contribution in [3.63, 3.8) is 0 Å². The van der Waals surface area contributed by atoms with Crippen molar-refractivity contribution in [3.8, 4) is 0 Å². The lowest BCUT2D eigenvalue weighted by Gasteiger charge is -2.27. The molecule has 0 aromatic rings. The molecule has 5 heteroatoms. The maximum Gasteiger partial charge on any atom is 0.253 e. The second kappa shape index (κ2) is 4.55. The monoisotopic (exact) mass is 210 g/mol. The normalized spacial score (nSPS) is 22.8. The van der Waals surface area contributed by atoms with Crippen LogP contribution < -0.4 is 0 Å². The number of imide groups is 1. The average Bonchev–Trinajstić information content (AvgIpc) is 2.58. The van der Waals surface area contributed by atoms with Gasteiger partial charge in [-0.05, 0) is 0 Å². The molecule has 0 bridgehead atoms. The van der Waals surface area contributed by atoms with Gasteiger partial charge in [0.05, 0.1) is 13.2 Å². The van der Waals surface area contributed by atoms with Crippen LogP contribution in [0.2, 0.25) is 0 Å². The molecule has 82 valence electrons. The van der Waals surface area contributed by atoms with Crippen molar-refractivity contribution >= 4 is 11.8 Å². The Morgan fingerprint density at radius 3 is 2.27 bits per heavy atom. The van der Waals surface area contributed by atoms with E-state index in [0.29, 0.717) is 6.54 Å². The summed E-state index contributed by atoms with van der Waals surface area (Å²) in [6.45, 7) is 4.45. The van der Waals surface area contributed by atoms with Gasteiger partial charge in [-0.3, -0.25) is 19.4 Å². The molecule has 2 amide bonds. The maximum absolute atomic E-state index is 11.2.